The van der Waals surface area contributed by atoms with E-state index in [9.17, 15) is 13.2 Å². The minimum Gasteiger partial charge on any atom is -0.475 e. The molecule has 2 unspecified atom stereocenters. The number of halogens is 3. The lowest BCUT2D eigenvalue weighted by atomic mass is 9.94. The Labute approximate surface area is 195 Å². The summed E-state index contributed by atoms with van der Waals surface area (Å²) in [4.78, 5) is 15.8. The Bertz CT molecular complexity index is 939. The summed E-state index contributed by atoms with van der Waals surface area (Å²) < 4.78 is 46.0. The average molecular weight is 486 g/mol. The highest BCUT2D eigenvalue weighted by Crippen LogP contribution is 2.33. The number of aromatic nitrogens is 4. The first kappa shape index (κ1) is 25.8. The van der Waals surface area contributed by atoms with Gasteiger partial charge in [-0.05, 0) is 25.5 Å². The molecule has 0 amide bonds. The predicted octanol–water partition coefficient (Wildman–Crippen LogP) is 1.87. The molecule has 2 aliphatic heterocycles. The van der Waals surface area contributed by atoms with Crippen LogP contribution in [0.2, 0.25) is 0 Å². The van der Waals surface area contributed by atoms with Gasteiger partial charge in [-0.25, -0.2) is 9.78 Å². The summed E-state index contributed by atoms with van der Waals surface area (Å²) in [5.41, 5.74) is 0.694. The summed E-state index contributed by atoms with van der Waals surface area (Å²) in [6.07, 6.45) is -0.265. The fraction of sp³-hybridized carbons (Fsp3) is 0.619. The van der Waals surface area contributed by atoms with Crippen LogP contribution >= 0.6 is 0 Å². The topological polar surface area (TPSA) is 115 Å². The van der Waals surface area contributed by atoms with Crippen LogP contribution in [0.15, 0.2) is 24.5 Å². The van der Waals surface area contributed by atoms with E-state index in [0.717, 1.165) is 63.1 Å². The number of nitrogens with zero attached hydrogens (tertiary/aromatic N) is 5. The molecule has 0 saturated carbocycles. The van der Waals surface area contributed by atoms with E-state index in [1.807, 2.05) is 38.5 Å². The highest BCUT2D eigenvalue weighted by Gasteiger charge is 2.43. The summed E-state index contributed by atoms with van der Waals surface area (Å²) in [6.45, 7) is 7.50. The lowest BCUT2D eigenvalue weighted by molar-refractivity contribution is -0.192. The van der Waals surface area contributed by atoms with Crippen LogP contribution < -0.4 is 5.32 Å². The average Bonchev–Trinajstić information content (AvgIpc) is 3.30. The summed E-state index contributed by atoms with van der Waals surface area (Å²) in [5, 5.41) is 18.8. The van der Waals surface area contributed by atoms with Crippen molar-refractivity contribution in [2.24, 2.45) is 13.0 Å². The molecule has 2 saturated heterocycles. The van der Waals surface area contributed by atoms with E-state index in [1.54, 1.807) is 0 Å². The maximum absolute atomic E-state index is 10.6. The van der Waals surface area contributed by atoms with Crippen LogP contribution in [0.4, 0.5) is 19.0 Å². The Kier molecular flexibility index (Phi) is 8.44. The van der Waals surface area contributed by atoms with Gasteiger partial charge in [0.1, 0.15) is 17.2 Å². The number of carbonyl (C=O) groups is 1. The second-order valence-corrected chi connectivity index (χ2v) is 8.53. The van der Waals surface area contributed by atoms with Gasteiger partial charge < -0.3 is 24.5 Å². The number of carboxylic acids is 1. The normalized spacial score (nSPS) is 23.3. The minimum absolute atomic E-state index is 0.229. The van der Waals surface area contributed by atoms with Crippen molar-refractivity contribution in [3.8, 4) is 0 Å². The Morgan fingerprint density at radius 2 is 2.12 bits per heavy atom. The third-order valence-corrected chi connectivity index (χ3v) is 5.61. The molecule has 1 spiro atoms. The Morgan fingerprint density at radius 3 is 2.74 bits per heavy atom. The molecule has 0 aromatic carbocycles. The fourth-order valence-corrected chi connectivity index (χ4v) is 3.89. The van der Waals surface area contributed by atoms with Gasteiger partial charge in [-0.3, -0.25) is 4.90 Å². The van der Waals surface area contributed by atoms with E-state index in [-0.39, 0.29) is 5.60 Å². The lowest BCUT2D eigenvalue weighted by Crippen LogP contribution is -2.44. The van der Waals surface area contributed by atoms with Gasteiger partial charge >= 0.3 is 12.1 Å². The van der Waals surface area contributed by atoms with Crippen LogP contribution in [0, 0.1) is 12.8 Å². The number of rotatable bonds is 5. The van der Waals surface area contributed by atoms with Crippen LogP contribution in [0.5, 0.6) is 0 Å². The van der Waals surface area contributed by atoms with E-state index in [0.29, 0.717) is 12.5 Å². The van der Waals surface area contributed by atoms with Crippen molar-refractivity contribution in [2.75, 3.05) is 44.8 Å². The quantitative estimate of drug-likeness (QED) is 0.654. The highest BCUT2D eigenvalue weighted by atomic mass is 19.4. The molecule has 0 aliphatic carbocycles. The maximum atomic E-state index is 10.6. The number of anilines is 1. The first-order valence-electron chi connectivity index (χ1n) is 10.8. The van der Waals surface area contributed by atoms with Crippen molar-refractivity contribution < 1.29 is 32.5 Å². The molecule has 4 rings (SSSR count). The molecule has 2 N–H and O–H groups in total. The maximum Gasteiger partial charge on any atom is 0.490 e. The number of carboxylic acid groups (broad SMARTS) is 1. The number of aryl methyl sites for hydroxylation is 2. The van der Waals surface area contributed by atoms with Crippen molar-refractivity contribution in [3.05, 3.63) is 36.0 Å². The standard InChI is InChI=1S/C19H28N6O2.C2HF3O2/c1-15-3-4-17(23-22-15)21-10-16-9-19(27-12-16)13-25(7-8-26-14-19)11-18-20-5-6-24(18)2;3-2(4,5)1(6)7/h3-6,16H,7-14H2,1-2H3,(H,21,23);(H,6,7). The van der Waals surface area contributed by atoms with Crippen LogP contribution in [0.1, 0.15) is 17.9 Å². The highest BCUT2D eigenvalue weighted by molar-refractivity contribution is 5.73. The van der Waals surface area contributed by atoms with Gasteiger partial charge in [0.05, 0.1) is 32.1 Å². The molecule has 4 heterocycles. The Hall–Kier alpha value is -2.77. The van der Waals surface area contributed by atoms with Gasteiger partial charge in [-0.15, -0.1) is 5.10 Å². The van der Waals surface area contributed by atoms with Crippen molar-refractivity contribution in [3.63, 3.8) is 0 Å². The van der Waals surface area contributed by atoms with Crippen molar-refractivity contribution in [1.82, 2.24) is 24.6 Å². The number of alkyl halides is 3. The molecule has 2 aromatic heterocycles. The molecule has 2 fully saturated rings. The smallest absolute Gasteiger partial charge is 0.475 e. The molecule has 2 aromatic rings. The number of hydrogen-bond donors (Lipinski definition) is 2. The number of aliphatic carboxylic acids is 1. The summed E-state index contributed by atoms with van der Waals surface area (Å²) >= 11 is 0. The zero-order valence-electron chi connectivity index (χ0n) is 19.1. The van der Waals surface area contributed by atoms with E-state index < -0.39 is 12.1 Å². The molecule has 188 valence electrons. The fourth-order valence-electron chi connectivity index (χ4n) is 3.89. The van der Waals surface area contributed by atoms with Gasteiger partial charge in [0.25, 0.3) is 0 Å². The first-order valence-corrected chi connectivity index (χ1v) is 10.8. The summed E-state index contributed by atoms with van der Waals surface area (Å²) in [7, 11) is 2.04. The third kappa shape index (κ3) is 7.37. The van der Waals surface area contributed by atoms with E-state index in [1.165, 1.54) is 0 Å². The van der Waals surface area contributed by atoms with E-state index in [4.69, 9.17) is 19.4 Å². The molecule has 34 heavy (non-hydrogen) atoms. The molecule has 13 heteroatoms. The van der Waals surface area contributed by atoms with Gasteiger partial charge in [-0.1, -0.05) is 0 Å². The van der Waals surface area contributed by atoms with Crippen LogP contribution in [-0.2, 0) is 27.9 Å². The summed E-state index contributed by atoms with van der Waals surface area (Å²) in [6, 6.07) is 3.94. The summed E-state index contributed by atoms with van der Waals surface area (Å²) in [5.74, 6) is -0.436. The molecule has 0 radical (unpaired) electrons. The predicted molar refractivity (Wildman–Crippen MR) is 115 cm³/mol. The molecular formula is C21H29F3N6O4. The first-order chi connectivity index (χ1) is 16.1. The van der Waals surface area contributed by atoms with Crippen LogP contribution in [-0.4, -0.2) is 87.0 Å². The number of imidazole rings is 1. The van der Waals surface area contributed by atoms with Gasteiger partial charge in [0.2, 0.25) is 0 Å². The van der Waals surface area contributed by atoms with Crippen molar-refractivity contribution in [1.29, 1.82) is 0 Å². The molecule has 2 aliphatic rings. The number of ether oxygens (including phenoxy) is 2. The molecule has 2 atom stereocenters. The van der Waals surface area contributed by atoms with Gasteiger partial charge in [0, 0.05) is 45.0 Å². The molecule has 0 bridgehead atoms. The van der Waals surface area contributed by atoms with Gasteiger partial charge in [0.15, 0.2) is 0 Å². The van der Waals surface area contributed by atoms with E-state index in [2.05, 4.69) is 30.0 Å². The Balaban J connectivity index is 0.000000406. The number of hydrogen-bond acceptors (Lipinski definition) is 8. The van der Waals surface area contributed by atoms with Gasteiger partial charge in [-0.2, -0.15) is 18.3 Å². The zero-order valence-corrected chi connectivity index (χ0v) is 19.1. The Morgan fingerprint density at radius 1 is 1.35 bits per heavy atom. The van der Waals surface area contributed by atoms with E-state index >= 15 is 0 Å². The molecular weight excluding hydrogens is 457 g/mol. The van der Waals surface area contributed by atoms with Crippen LogP contribution in [0.25, 0.3) is 0 Å². The van der Waals surface area contributed by atoms with Crippen molar-refractivity contribution >= 4 is 11.8 Å². The lowest BCUT2D eigenvalue weighted by Gasteiger charge is -2.31. The second-order valence-electron chi connectivity index (χ2n) is 8.53. The third-order valence-electron chi connectivity index (χ3n) is 5.61. The monoisotopic (exact) mass is 486 g/mol. The SMILES string of the molecule is Cc1ccc(NCC2COC3(COCCN(Cc4nccn4C)C3)C2)nn1.O=C(O)C(F)(F)F. The van der Waals surface area contributed by atoms with Crippen molar-refractivity contribution in [2.45, 2.75) is 31.7 Å². The zero-order chi connectivity index (χ0) is 24.8. The second kappa shape index (κ2) is 11.1. The molecule has 10 nitrogen and oxygen atoms in total. The minimum atomic E-state index is -5.08. The van der Waals surface area contributed by atoms with Crippen LogP contribution in [0.3, 0.4) is 0 Å². The largest absolute Gasteiger partial charge is 0.490 e. The number of nitrogens with one attached hydrogen (secondary N) is 1.